The first-order valence-corrected chi connectivity index (χ1v) is 25.0. The molecular formula is C68H52N2S. The summed E-state index contributed by atoms with van der Waals surface area (Å²) in [6, 6.07) is 91.8. The van der Waals surface area contributed by atoms with Crippen LogP contribution in [0.4, 0.5) is 28.4 Å². The van der Waals surface area contributed by atoms with Crippen molar-refractivity contribution in [3.8, 4) is 55.6 Å². The molecule has 0 amide bonds. The molecule has 0 unspecified atom stereocenters. The van der Waals surface area contributed by atoms with Gasteiger partial charge in [-0.25, -0.2) is 0 Å². The fraction of sp³-hybridized carbons (Fsp3) is 0.0294. The molecule has 0 fully saturated rings. The zero-order chi connectivity index (χ0) is 48.1. The molecule has 0 atom stereocenters. The predicted molar refractivity (Wildman–Crippen MR) is 306 cm³/mol. The van der Waals surface area contributed by atoms with Gasteiger partial charge in [0.25, 0.3) is 0 Å². The Hall–Kier alpha value is -8.76. The summed E-state index contributed by atoms with van der Waals surface area (Å²) in [7, 11) is 0. The van der Waals surface area contributed by atoms with Crippen LogP contribution in [0.3, 0.4) is 0 Å². The minimum absolute atomic E-state index is 1.05. The maximum absolute atomic E-state index is 4.44. The van der Waals surface area contributed by atoms with E-state index in [1.54, 1.807) is 0 Å². The molecule has 0 spiro atoms. The van der Waals surface area contributed by atoms with Crippen LogP contribution in [0.25, 0.3) is 77.5 Å². The molecule has 0 aliphatic rings. The van der Waals surface area contributed by atoms with E-state index in [0.717, 1.165) is 50.8 Å². The van der Waals surface area contributed by atoms with Crippen molar-refractivity contribution < 1.29 is 0 Å². The molecule has 0 aliphatic carbocycles. The molecule has 10 aromatic carbocycles. The van der Waals surface area contributed by atoms with Gasteiger partial charge < -0.3 is 9.80 Å². The van der Waals surface area contributed by atoms with Gasteiger partial charge >= 0.3 is 0 Å². The summed E-state index contributed by atoms with van der Waals surface area (Å²) < 4.78 is 2.49. The second kappa shape index (κ2) is 20.1. The first-order valence-electron chi connectivity index (χ1n) is 24.2. The van der Waals surface area contributed by atoms with Gasteiger partial charge in [-0.1, -0.05) is 201 Å². The van der Waals surface area contributed by atoms with Gasteiger partial charge in [-0.2, -0.15) is 0 Å². The molecule has 0 saturated carbocycles. The van der Waals surface area contributed by atoms with Crippen molar-refractivity contribution in [2.75, 3.05) is 9.80 Å². The van der Waals surface area contributed by atoms with Crippen LogP contribution in [0, 0.1) is 6.92 Å². The molecule has 340 valence electrons. The lowest BCUT2D eigenvalue weighted by atomic mass is 9.94. The maximum Gasteiger partial charge on any atom is 0.0548 e. The Labute approximate surface area is 421 Å². The van der Waals surface area contributed by atoms with E-state index in [4.69, 9.17) is 0 Å². The molecule has 0 saturated heterocycles. The first kappa shape index (κ1) is 44.7. The van der Waals surface area contributed by atoms with Crippen molar-refractivity contribution >= 4 is 61.6 Å². The van der Waals surface area contributed by atoms with Crippen LogP contribution < -0.4 is 19.6 Å². The zero-order valence-electron chi connectivity index (χ0n) is 39.9. The minimum atomic E-state index is 1.05. The third kappa shape index (κ3) is 9.03. The van der Waals surface area contributed by atoms with Crippen LogP contribution in [-0.4, -0.2) is 0 Å². The second-order valence-corrected chi connectivity index (χ2v) is 18.8. The number of hydrogen-bond donors (Lipinski definition) is 0. The standard InChI is InChI=1S/C68H52N2S/c1-4-64(68-63-30-15-16-33-67(63)71-66(68)5-2)70(58-27-13-8-14-28-58)65-32-19-31-62(48(65)3)57-26-17-24-55(46-57)56-25-18-29-61(47-56)69(59-42-38-53(39-43-59)50-22-11-7-12-23-50)60-44-40-54(41-45-60)52-36-34-51(35-37-52)49-20-9-6-10-21-49/h4-47H,1H2,2-3H3/b66-5+,68-64+. The summed E-state index contributed by atoms with van der Waals surface area (Å²) in [5.74, 6) is 0. The number of fused-ring (bicyclic) bond motifs is 1. The summed E-state index contributed by atoms with van der Waals surface area (Å²) >= 11 is 1.82. The van der Waals surface area contributed by atoms with Gasteiger partial charge in [-0.05, 0) is 148 Å². The first-order chi connectivity index (χ1) is 35.0. The normalized spacial score (nSPS) is 11.9. The molecule has 0 bridgehead atoms. The number of nitrogens with zero attached hydrogens (tertiary/aromatic N) is 2. The molecule has 11 rings (SSSR count). The van der Waals surface area contributed by atoms with E-state index in [0.29, 0.717) is 0 Å². The average molecular weight is 929 g/mol. The summed E-state index contributed by atoms with van der Waals surface area (Å²) in [6.45, 7) is 8.81. The van der Waals surface area contributed by atoms with Gasteiger partial charge in [0.2, 0.25) is 0 Å². The van der Waals surface area contributed by atoms with Crippen LogP contribution in [-0.2, 0) is 0 Å². The lowest BCUT2D eigenvalue weighted by molar-refractivity contribution is 1.26. The number of rotatable bonds is 12. The van der Waals surface area contributed by atoms with Gasteiger partial charge in [0.1, 0.15) is 0 Å². The molecule has 1 heterocycles. The van der Waals surface area contributed by atoms with Crippen molar-refractivity contribution in [3.05, 3.63) is 283 Å². The van der Waals surface area contributed by atoms with Gasteiger partial charge in [0.05, 0.1) is 5.70 Å². The number of benzene rings is 10. The van der Waals surface area contributed by atoms with Gasteiger partial charge in [0.15, 0.2) is 0 Å². The molecular weight excluding hydrogens is 877 g/mol. The van der Waals surface area contributed by atoms with Gasteiger partial charge in [-0.3, -0.25) is 0 Å². The number of para-hydroxylation sites is 1. The van der Waals surface area contributed by atoms with E-state index in [9.17, 15) is 0 Å². The molecule has 0 radical (unpaired) electrons. The Morgan fingerprint density at radius 3 is 1.44 bits per heavy atom. The smallest absolute Gasteiger partial charge is 0.0548 e. The Morgan fingerprint density at radius 1 is 0.408 bits per heavy atom. The lowest BCUT2D eigenvalue weighted by Gasteiger charge is -2.29. The van der Waals surface area contributed by atoms with E-state index >= 15 is 0 Å². The van der Waals surface area contributed by atoms with Crippen LogP contribution in [0.15, 0.2) is 267 Å². The third-order valence-electron chi connectivity index (χ3n) is 13.4. The van der Waals surface area contributed by atoms with Crippen molar-refractivity contribution in [2.24, 2.45) is 0 Å². The summed E-state index contributed by atoms with van der Waals surface area (Å²) in [4.78, 5) is 4.75. The largest absolute Gasteiger partial charge is 0.310 e. The Balaban J connectivity index is 0.971. The molecule has 3 heteroatoms. The molecule has 0 aliphatic heterocycles. The van der Waals surface area contributed by atoms with E-state index in [-0.39, 0.29) is 0 Å². The number of thiophene rings is 1. The summed E-state index contributed by atoms with van der Waals surface area (Å²) in [5.41, 5.74) is 19.5. The number of anilines is 5. The Kier molecular flexibility index (Phi) is 12.6. The van der Waals surface area contributed by atoms with Gasteiger partial charge in [-0.15, -0.1) is 11.3 Å². The van der Waals surface area contributed by atoms with Crippen LogP contribution in [0.1, 0.15) is 12.5 Å². The van der Waals surface area contributed by atoms with Crippen molar-refractivity contribution in [1.29, 1.82) is 0 Å². The highest BCUT2D eigenvalue weighted by atomic mass is 32.1. The fourth-order valence-electron chi connectivity index (χ4n) is 9.86. The maximum atomic E-state index is 4.44. The molecule has 0 N–H and O–H groups in total. The summed E-state index contributed by atoms with van der Waals surface area (Å²) in [6.07, 6.45) is 4.24. The number of hydrogen-bond acceptors (Lipinski definition) is 3. The lowest BCUT2D eigenvalue weighted by Crippen LogP contribution is -2.29. The quantitative estimate of drug-likeness (QED) is 0.120. The molecule has 2 nitrogen and oxygen atoms in total. The van der Waals surface area contributed by atoms with Crippen molar-refractivity contribution in [1.82, 2.24) is 0 Å². The van der Waals surface area contributed by atoms with Crippen molar-refractivity contribution in [3.63, 3.8) is 0 Å². The van der Waals surface area contributed by atoms with E-state index in [1.807, 2.05) is 17.4 Å². The summed E-state index contributed by atoms with van der Waals surface area (Å²) in [5, 5.41) is 2.43. The molecule has 1 aromatic heterocycles. The SMILES string of the molecule is C=C/C(=c1\c(=C/C)sc2ccccc12)N(c1ccccc1)c1cccc(-c2cccc(-c3cccc(N(c4ccc(-c5ccccc5)cc4)c4ccc(-c5ccc(-c6ccccc6)cc5)cc4)c3)c2)c1C. The van der Waals surface area contributed by atoms with E-state index < -0.39 is 0 Å². The highest BCUT2D eigenvalue weighted by Crippen LogP contribution is 2.41. The Bertz CT molecular complexity index is 3760. The average Bonchev–Trinajstić information content (AvgIpc) is 3.82. The monoisotopic (exact) mass is 928 g/mol. The molecule has 71 heavy (non-hydrogen) atoms. The van der Waals surface area contributed by atoms with Crippen LogP contribution in [0.5, 0.6) is 0 Å². The third-order valence-corrected chi connectivity index (χ3v) is 14.7. The zero-order valence-corrected chi connectivity index (χ0v) is 40.7. The van der Waals surface area contributed by atoms with E-state index in [2.05, 4.69) is 291 Å². The van der Waals surface area contributed by atoms with Gasteiger partial charge in [0, 0.05) is 48.3 Å². The molecule has 11 aromatic rings. The highest BCUT2D eigenvalue weighted by Gasteiger charge is 2.21. The van der Waals surface area contributed by atoms with Crippen molar-refractivity contribution in [2.45, 2.75) is 13.8 Å². The van der Waals surface area contributed by atoms with Crippen LogP contribution in [0.2, 0.25) is 0 Å². The fourth-order valence-corrected chi connectivity index (χ4v) is 11.0. The Morgan fingerprint density at radius 2 is 0.859 bits per heavy atom. The van der Waals surface area contributed by atoms with Crippen LogP contribution >= 0.6 is 11.3 Å². The minimum Gasteiger partial charge on any atom is -0.310 e. The predicted octanol–water partition coefficient (Wildman–Crippen LogP) is 17.9. The van der Waals surface area contributed by atoms with E-state index in [1.165, 1.54) is 64.3 Å². The highest BCUT2D eigenvalue weighted by molar-refractivity contribution is 7.17. The topological polar surface area (TPSA) is 6.48 Å². The second-order valence-electron chi connectivity index (χ2n) is 17.7.